The Labute approximate surface area is 206 Å². The van der Waals surface area contributed by atoms with Gasteiger partial charge in [-0.3, -0.25) is 15.0 Å². The van der Waals surface area contributed by atoms with Crippen LogP contribution in [0.5, 0.6) is 17.2 Å². The fraction of sp³-hybridized carbons (Fsp3) is 0.321. The standard InChI is InChI=1S/C28H31N3O4/c1-33-24-10-8-23(9-11-24)28(22-5-3-2-4-6-22)29-18-27(32)31-15-13-30(14-16-31)19-21-7-12-25-26(17-21)35-20-34-25/h2-12,17,28-29H,13-16,18-20H2,1H3/t28-/m1/s1. The Morgan fingerprint density at radius 3 is 2.37 bits per heavy atom. The average Bonchev–Trinajstić information content (AvgIpc) is 3.38. The van der Waals surface area contributed by atoms with E-state index in [9.17, 15) is 4.79 Å². The molecule has 0 aromatic heterocycles. The van der Waals surface area contributed by atoms with Crippen molar-refractivity contribution < 1.29 is 19.0 Å². The molecular weight excluding hydrogens is 442 g/mol. The minimum atomic E-state index is -0.0710. The molecule has 0 unspecified atom stereocenters. The SMILES string of the molecule is COc1ccc([C@H](NCC(=O)N2CCN(Cc3ccc4c(c3)OCO4)CC2)c2ccccc2)cc1. The molecule has 1 amide bonds. The molecule has 1 fully saturated rings. The first-order valence-corrected chi connectivity index (χ1v) is 12.0. The normalized spacial score (nSPS) is 16.2. The molecule has 2 aliphatic rings. The molecule has 0 bridgehead atoms. The first-order chi connectivity index (χ1) is 17.2. The van der Waals surface area contributed by atoms with Gasteiger partial charge in [-0.15, -0.1) is 0 Å². The number of methoxy groups -OCH3 is 1. The highest BCUT2D eigenvalue weighted by Crippen LogP contribution is 2.33. The second-order valence-corrected chi connectivity index (χ2v) is 8.84. The highest BCUT2D eigenvalue weighted by atomic mass is 16.7. The van der Waals surface area contributed by atoms with Crippen molar-refractivity contribution in [1.29, 1.82) is 0 Å². The molecule has 1 saturated heterocycles. The third-order valence-electron chi connectivity index (χ3n) is 6.61. The molecular formula is C28H31N3O4. The summed E-state index contributed by atoms with van der Waals surface area (Å²) in [6.45, 7) is 4.56. The van der Waals surface area contributed by atoms with E-state index in [1.165, 1.54) is 5.56 Å². The second-order valence-electron chi connectivity index (χ2n) is 8.84. The second kappa shape index (κ2) is 10.8. The van der Waals surface area contributed by atoms with E-state index in [2.05, 4.69) is 28.4 Å². The molecule has 0 radical (unpaired) electrons. The molecule has 35 heavy (non-hydrogen) atoms. The highest BCUT2D eigenvalue weighted by Gasteiger charge is 2.23. The Kier molecular flexibility index (Phi) is 7.16. The predicted molar refractivity (Wildman–Crippen MR) is 134 cm³/mol. The van der Waals surface area contributed by atoms with Crippen molar-refractivity contribution in [3.05, 3.63) is 89.5 Å². The maximum absolute atomic E-state index is 13.1. The quantitative estimate of drug-likeness (QED) is 0.541. The number of benzene rings is 3. The van der Waals surface area contributed by atoms with E-state index >= 15 is 0 Å². The Bertz CT molecular complexity index is 1130. The van der Waals surface area contributed by atoms with Crippen LogP contribution in [-0.4, -0.2) is 62.3 Å². The van der Waals surface area contributed by atoms with E-state index in [1.54, 1.807) is 7.11 Å². The Morgan fingerprint density at radius 1 is 0.914 bits per heavy atom. The van der Waals surface area contributed by atoms with Gasteiger partial charge >= 0.3 is 0 Å². The van der Waals surface area contributed by atoms with Crippen LogP contribution >= 0.6 is 0 Å². The van der Waals surface area contributed by atoms with Crippen LogP contribution in [0.4, 0.5) is 0 Å². The van der Waals surface area contributed by atoms with Crippen LogP contribution in [-0.2, 0) is 11.3 Å². The molecule has 0 spiro atoms. The summed E-state index contributed by atoms with van der Waals surface area (Å²) in [6.07, 6.45) is 0. The first-order valence-electron chi connectivity index (χ1n) is 12.0. The van der Waals surface area contributed by atoms with Crippen molar-refractivity contribution in [3.8, 4) is 17.2 Å². The molecule has 3 aromatic carbocycles. The molecule has 1 atom stereocenters. The molecule has 5 rings (SSSR count). The number of hydrogen-bond acceptors (Lipinski definition) is 6. The zero-order valence-corrected chi connectivity index (χ0v) is 20.0. The van der Waals surface area contributed by atoms with E-state index in [1.807, 2.05) is 59.5 Å². The summed E-state index contributed by atoms with van der Waals surface area (Å²) in [6, 6.07) is 24.2. The number of fused-ring (bicyclic) bond motifs is 1. The van der Waals surface area contributed by atoms with E-state index in [4.69, 9.17) is 14.2 Å². The van der Waals surface area contributed by atoms with Gasteiger partial charge in [-0.2, -0.15) is 0 Å². The third-order valence-corrected chi connectivity index (χ3v) is 6.61. The van der Waals surface area contributed by atoms with Crippen molar-refractivity contribution in [3.63, 3.8) is 0 Å². The zero-order chi connectivity index (χ0) is 24.0. The summed E-state index contributed by atoms with van der Waals surface area (Å²) >= 11 is 0. The average molecular weight is 474 g/mol. The molecule has 2 aliphatic heterocycles. The molecule has 0 saturated carbocycles. The Hall–Kier alpha value is -3.55. The number of piperazine rings is 1. The maximum Gasteiger partial charge on any atom is 0.236 e. The zero-order valence-electron chi connectivity index (χ0n) is 20.0. The van der Waals surface area contributed by atoms with Crippen LogP contribution in [0.3, 0.4) is 0 Å². The van der Waals surface area contributed by atoms with Gasteiger partial charge in [0, 0.05) is 32.7 Å². The minimum Gasteiger partial charge on any atom is -0.497 e. The number of amides is 1. The van der Waals surface area contributed by atoms with Crippen LogP contribution in [0.1, 0.15) is 22.7 Å². The van der Waals surface area contributed by atoms with Gasteiger partial charge in [0.05, 0.1) is 19.7 Å². The third kappa shape index (κ3) is 5.58. The molecule has 1 N–H and O–H groups in total. The van der Waals surface area contributed by atoms with Gasteiger partial charge in [-0.05, 0) is 41.0 Å². The van der Waals surface area contributed by atoms with E-state index in [0.717, 1.165) is 61.1 Å². The van der Waals surface area contributed by atoms with Gasteiger partial charge in [-0.1, -0.05) is 48.5 Å². The Morgan fingerprint density at radius 2 is 1.63 bits per heavy atom. The van der Waals surface area contributed by atoms with Crippen LogP contribution in [0.15, 0.2) is 72.8 Å². The number of nitrogens with one attached hydrogen (secondary N) is 1. The lowest BCUT2D eigenvalue weighted by Crippen LogP contribution is -2.50. The fourth-order valence-electron chi connectivity index (χ4n) is 4.62. The lowest BCUT2D eigenvalue weighted by Gasteiger charge is -2.35. The van der Waals surface area contributed by atoms with Crippen molar-refractivity contribution >= 4 is 5.91 Å². The molecule has 2 heterocycles. The first kappa shape index (κ1) is 23.2. The summed E-state index contributed by atoms with van der Waals surface area (Å²) in [5.41, 5.74) is 3.42. The number of nitrogens with zero attached hydrogens (tertiary/aromatic N) is 2. The van der Waals surface area contributed by atoms with Crippen LogP contribution < -0.4 is 19.5 Å². The van der Waals surface area contributed by atoms with Crippen molar-refractivity contribution in [2.24, 2.45) is 0 Å². The van der Waals surface area contributed by atoms with Gasteiger partial charge in [0.25, 0.3) is 0 Å². The minimum absolute atomic E-state index is 0.0710. The largest absolute Gasteiger partial charge is 0.497 e. The number of hydrogen-bond donors (Lipinski definition) is 1. The van der Waals surface area contributed by atoms with Gasteiger partial charge < -0.3 is 19.1 Å². The van der Waals surface area contributed by atoms with Gasteiger partial charge in [0.1, 0.15) is 5.75 Å². The van der Waals surface area contributed by atoms with Crippen molar-refractivity contribution in [2.75, 3.05) is 46.6 Å². The van der Waals surface area contributed by atoms with E-state index in [-0.39, 0.29) is 25.3 Å². The summed E-state index contributed by atoms with van der Waals surface area (Å²) < 4.78 is 16.2. The molecule has 3 aromatic rings. The van der Waals surface area contributed by atoms with Gasteiger partial charge in [0.15, 0.2) is 11.5 Å². The molecule has 0 aliphatic carbocycles. The molecule has 7 nitrogen and oxygen atoms in total. The van der Waals surface area contributed by atoms with Crippen LogP contribution in [0, 0.1) is 0 Å². The van der Waals surface area contributed by atoms with Crippen molar-refractivity contribution in [1.82, 2.24) is 15.1 Å². The monoisotopic (exact) mass is 473 g/mol. The van der Waals surface area contributed by atoms with Crippen LogP contribution in [0.2, 0.25) is 0 Å². The number of ether oxygens (including phenoxy) is 3. The van der Waals surface area contributed by atoms with E-state index in [0.29, 0.717) is 0 Å². The van der Waals surface area contributed by atoms with Gasteiger partial charge in [-0.25, -0.2) is 0 Å². The smallest absolute Gasteiger partial charge is 0.236 e. The summed E-state index contributed by atoms with van der Waals surface area (Å²) in [5, 5.41) is 3.49. The fourth-order valence-corrected chi connectivity index (χ4v) is 4.62. The molecule has 182 valence electrons. The van der Waals surface area contributed by atoms with Crippen LogP contribution in [0.25, 0.3) is 0 Å². The lowest BCUT2D eigenvalue weighted by molar-refractivity contribution is -0.132. The number of carbonyl (C=O) groups is 1. The summed E-state index contributed by atoms with van der Waals surface area (Å²) in [7, 11) is 1.66. The topological polar surface area (TPSA) is 63.3 Å². The molecule has 7 heteroatoms. The number of carbonyl (C=O) groups excluding carboxylic acids is 1. The number of rotatable bonds is 8. The van der Waals surface area contributed by atoms with Gasteiger partial charge in [0.2, 0.25) is 12.7 Å². The van der Waals surface area contributed by atoms with E-state index < -0.39 is 0 Å². The maximum atomic E-state index is 13.1. The van der Waals surface area contributed by atoms with Crippen molar-refractivity contribution in [2.45, 2.75) is 12.6 Å². The highest BCUT2D eigenvalue weighted by molar-refractivity contribution is 5.78. The summed E-state index contributed by atoms with van der Waals surface area (Å²) in [5.74, 6) is 2.56. The summed E-state index contributed by atoms with van der Waals surface area (Å²) in [4.78, 5) is 17.4. The Balaban J connectivity index is 1.16. The predicted octanol–water partition coefficient (Wildman–Crippen LogP) is 3.45. The lowest BCUT2D eigenvalue weighted by atomic mass is 9.98.